The number of nitrogens with two attached hydrogens (primary N) is 1. The third kappa shape index (κ3) is 4.56. The molecule has 0 spiro atoms. The molecule has 0 aliphatic carbocycles. The highest BCUT2D eigenvalue weighted by Gasteiger charge is 2.06. The molecule has 3 N–H and O–H groups in total. The predicted octanol–water partition coefficient (Wildman–Crippen LogP) is 4.03. The van der Waals surface area contributed by atoms with Crippen LogP contribution in [0, 0.1) is 0 Å². The summed E-state index contributed by atoms with van der Waals surface area (Å²) in [5, 5.41) is 4.03. The van der Waals surface area contributed by atoms with Crippen molar-refractivity contribution in [2.75, 3.05) is 0 Å². The maximum Gasteiger partial charge on any atom is 0.332 e. The summed E-state index contributed by atoms with van der Waals surface area (Å²) in [6, 6.07) is 17.1. The van der Waals surface area contributed by atoms with Crippen LogP contribution < -0.4 is 11.2 Å². The second-order valence-corrected chi connectivity index (χ2v) is 5.56. The number of allylic oxidation sites excluding steroid dienone is 1. The van der Waals surface area contributed by atoms with E-state index in [1.807, 2.05) is 67.6 Å². The number of nitrogens with zero attached hydrogens (tertiary/aromatic N) is 1. The fraction of sp³-hybridized carbons (Fsp3) is 0.0588. The quantitative estimate of drug-likeness (QED) is 0.484. The molecule has 5 heteroatoms. The first-order valence-electron chi connectivity index (χ1n) is 6.69. The number of halogens is 1. The highest BCUT2D eigenvalue weighted by Crippen LogP contribution is 2.21. The molecular formula is C17H16BrN3O. The number of hydrazone groups is 1. The van der Waals surface area contributed by atoms with Gasteiger partial charge in [-0.2, -0.15) is 5.10 Å². The highest BCUT2D eigenvalue weighted by atomic mass is 79.9. The summed E-state index contributed by atoms with van der Waals surface area (Å²) in [6.07, 6.45) is 2.02. The fourth-order valence-corrected chi connectivity index (χ4v) is 2.20. The molecule has 0 atom stereocenters. The minimum absolute atomic E-state index is 0.674. The van der Waals surface area contributed by atoms with Crippen molar-refractivity contribution in [3.63, 3.8) is 0 Å². The maximum absolute atomic E-state index is 10.8. The Kier molecular flexibility index (Phi) is 5.49. The van der Waals surface area contributed by atoms with Crippen LogP contribution in [-0.4, -0.2) is 11.7 Å². The topological polar surface area (TPSA) is 67.5 Å². The molecule has 112 valence electrons. The Morgan fingerprint density at radius 1 is 1.14 bits per heavy atom. The molecule has 2 amide bonds. The molecule has 0 saturated carbocycles. The second-order valence-electron chi connectivity index (χ2n) is 4.65. The number of hydrogen-bond acceptors (Lipinski definition) is 2. The van der Waals surface area contributed by atoms with Crippen molar-refractivity contribution in [3.8, 4) is 0 Å². The Labute approximate surface area is 137 Å². The van der Waals surface area contributed by atoms with Gasteiger partial charge in [-0.15, -0.1) is 0 Å². The Morgan fingerprint density at radius 3 is 2.36 bits per heavy atom. The van der Waals surface area contributed by atoms with E-state index in [-0.39, 0.29) is 0 Å². The zero-order valence-electron chi connectivity index (χ0n) is 12.1. The summed E-state index contributed by atoms with van der Waals surface area (Å²) in [7, 11) is 0. The molecule has 2 aromatic rings. The molecule has 4 nitrogen and oxygen atoms in total. The van der Waals surface area contributed by atoms with Crippen LogP contribution in [0.4, 0.5) is 4.79 Å². The van der Waals surface area contributed by atoms with Crippen LogP contribution in [0.3, 0.4) is 0 Å². The number of amides is 2. The lowest BCUT2D eigenvalue weighted by molar-refractivity contribution is 0.249. The molecule has 2 aromatic carbocycles. The van der Waals surface area contributed by atoms with Crippen molar-refractivity contribution in [3.05, 3.63) is 70.2 Å². The van der Waals surface area contributed by atoms with Crippen LogP contribution in [-0.2, 0) is 0 Å². The van der Waals surface area contributed by atoms with Crippen LogP contribution in [0.2, 0.25) is 0 Å². The van der Waals surface area contributed by atoms with Gasteiger partial charge in [-0.3, -0.25) is 0 Å². The number of benzene rings is 2. The number of carbonyl (C=O) groups excluding carboxylic acids is 1. The lowest BCUT2D eigenvalue weighted by Crippen LogP contribution is -2.25. The van der Waals surface area contributed by atoms with Gasteiger partial charge in [-0.25, -0.2) is 10.2 Å². The fourth-order valence-electron chi connectivity index (χ4n) is 1.94. The van der Waals surface area contributed by atoms with Gasteiger partial charge in [-0.05, 0) is 36.3 Å². The molecule has 0 aliphatic heterocycles. The minimum Gasteiger partial charge on any atom is -0.350 e. The normalized spacial score (nSPS) is 12.1. The monoisotopic (exact) mass is 357 g/mol. The van der Waals surface area contributed by atoms with Crippen molar-refractivity contribution in [1.82, 2.24) is 5.43 Å². The summed E-state index contributed by atoms with van der Waals surface area (Å²) in [5.41, 5.74) is 11.0. The molecule has 0 heterocycles. The average Bonchev–Trinajstić information content (AvgIpc) is 2.53. The van der Waals surface area contributed by atoms with Crippen molar-refractivity contribution in [2.45, 2.75) is 6.92 Å². The number of rotatable bonds is 4. The van der Waals surface area contributed by atoms with Crippen molar-refractivity contribution < 1.29 is 4.79 Å². The Balaban J connectivity index is 2.43. The van der Waals surface area contributed by atoms with E-state index in [4.69, 9.17) is 5.73 Å². The van der Waals surface area contributed by atoms with Crippen molar-refractivity contribution >= 4 is 39.3 Å². The van der Waals surface area contributed by atoms with Gasteiger partial charge >= 0.3 is 6.03 Å². The summed E-state index contributed by atoms with van der Waals surface area (Å²) < 4.78 is 1.02. The van der Waals surface area contributed by atoms with E-state index >= 15 is 0 Å². The third-order valence-corrected chi connectivity index (χ3v) is 3.52. The van der Waals surface area contributed by atoms with Crippen LogP contribution in [0.1, 0.15) is 18.1 Å². The number of urea groups is 1. The van der Waals surface area contributed by atoms with E-state index < -0.39 is 6.03 Å². The zero-order chi connectivity index (χ0) is 15.9. The van der Waals surface area contributed by atoms with Crippen LogP contribution >= 0.6 is 15.9 Å². The van der Waals surface area contributed by atoms with Gasteiger partial charge < -0.3 is 5.73 Å². The van der Waals surface area contributed by atoms with Crippen LogP contribution in [0.5, 0.6) is 0 Å². The molecule has 0 unspecified atom stereocenters. The van der Waals surface area contributed by atoms with Gasteiger partial charge in [0.05, 0.1) is 5.71 Å². The van der Waals surface area contributed by atoms with Crippen molar-refractivity contribution in [1.29, 1.82) is 0 Å². The first-order valence-corrected chi connectivity index (χ1v) is 7.48. The van der Waals surface area contributed by atoms with Gasteiger partial charge in [0.15, 0.2) is 0 Å². The minimum atomic E-state index is -0.685. The molecule has 0 bridgehead atoms. The molecular weight excluding hydrogens is 342 g/mol. The van der Waals surface area contributed by atoms with Crippen LogP contribution in [0.15, 0.2) is 64.2 Å². The van der Waals surface area contributed by atoms with Gasteiger partial charge in [0.2, 0.25) is 0 Å². The van der Waals surface area contributed by atoms with Crippen molar-refractivity contribution in [2.24, 2.45) is 10.8 Å². The summed E-state index contributed by atoms with van der Waals surface area (Å²) in [6.45, 7) is 1.83. The predicted molar refractivity (Wildman–Crippen MR) is 94.3 cm³/mol. The van der Waals surface area contributed by atoms with E-state index in [2.05, 4.69) is 26.5 Å². The van der Waals surface area contributed by atoms with E-state index in [1.54, 1.807) is 0 Å². The maximum atomic E-state index is 10.8. The van der Waals surface area contributed by atoms with Crippen LogP contribution in [0.25, 0.3) is 11.6 Å². The molecule has 0 saturated heterocycles. The molecule has 0 aromatic heterocycles. The first-order chi connectivity index (χ1) is 10.6. The zero-order valence-corrected chi connectivity index (χ0v) is 13.7. The largest absolute Gasteiger partial charge is 0.350 e. The second kappa shape index (κ2) is 7.56. The molecule has 0 fully saturated rings. The van der Waals surface area contributed by atoms with E-state index in [0.29, 0.717) is 5.71 Å². The highest BCUT2D eigenvalue weighted by molar-refractivity contribution is 9.10. The van der Waals surface area contributed by atoms with E-state index in [9.17, 15) is 4.79 Å². The number of primary amides is 1. The number of hydrogen-bond donors (Lipinski definition) is 2. The number of carbonyl (C=O) groups is 1. The van der Waals surface area contributed by atoms with E-state index in [1.165, 1.54) is 0 Å². The molecule has 2 rings (SSSR count). The molecule has 0 aliphatic rings. The van der Waals surface area contributed by atoms with Gasteiger partial charge in [-0.1, -0.05) is 58.4 Å². The van der Waals surface area contributed by atoms with Gasteiger partial charge in [0, 0.05) is 10.0 Å². The SMILES string of the molecule is CC(=NNC(N)=O)C(=Cc1ccc(Br)cc1)c1ccccc1. The lowest BCUT2D eigenvalue weighted by Gasteiger charge is -2.08. The summed E-state index contributed by atoms with van der Waals surface area (Å²) >= 11 is 3.42. The van der Waals surface area contributed by atoms with Gasteiger partial charge in [0.1, 0.15) is 0 Å². The Bertz CT molecular complexity index is 706. The third-order valence-electron chi connectivity index (χ3n) is 2.99. The summed E-state index contributed by atoms with van der Waals surface area (Å²) in [5.74, 6) is 0. The lowest BCUT2D eigenvalue weighted by atomic mass is 9.99. The smallest absolute Gasteiger partial charge is 0.332 e. The van der Waals surface area contributed by atoms with E-state index in [0.717, 1.165) is 21.2 Å². The number of nitrogens with one attached hydrogen (secondary N) is 1. The van der Waals surface area contributed by atoms with Gasteiger partial charge in [0.25, 0.3) is 0 Å². The summed E-state index contributed by atoms with van der Waals surface area (Å²) in [4.78, 5) is 10.8. The average molecular weight is 358 g/mol. The Morgan fingerprint density at radius 2 is 1.77 bits per heavy atom. The molecule has 0 radical (unpaired) electrons. The first kappa shape index (κ1) is 16.0. The molecule has 22 heavy (non-hydrogen) atoms. The Hall–Kier alpha value is -2.40. The standard InChI is InChI=1S/C17H16BrN3O/c1-12(20-21-17(19)22)16(14-5-3-2-4-6-14)11-13-7-9-15(18)10-8-13/h2-11H,1H3,(H3,19,21,22).